The first-order chi connectivity index (χ1) is 9.40. The van der Waals surface area contributed by atoms with Crippen LogP contribution in [0.1, 0.15) is 42.4 Å². The number of nitrogens with zero attached hydrogens (tertiary/aromatic N) is 2. The number of rotatable bonds is 3. The SMILES string of the molecule is Cc1nc(Cc2c(F)cccc2Cl)nc(Cl)c1C(C)C. The molecule has 1 heterocycles. The molecular formula is C15H15Cl2FN2. The topological polar surface area (TPSA) is 25.8 Å². The Morgan fingerprint density at radius 3 is 2.45 bits per heavy atom. The van der Waals surface area contributed by atoms with Crippen molar-refractivity contribution < 1.29 is 4.39 Å². The monoisotopic (exact) mass is 312 g/mol. The van der Waals surface area contributed by atoms with Gasteiger partial charge in [-0.15, -0.1) is 0 Å². The average Bonchev–Trinajstić information content (AvgIpc) is 2.32. The smallest absolute Gasteiger partial charge is 0.136 e. The van der Waals surface area contributed by atoms with Crippen LogP contribution < -0.4 is 0 Å². The molecule has 0 bridgehead atoms. The highest BCUT2D eigenvalue weighted by atomic mass is 35.5. The van der Waals surface area contributed by atoms with Crippen molar-refractivity contribution in [1.29, 1.82) is 0 Å². The zero-order valence-corrected chi connectivity index (χ0v) is 13.1. The van der Waals surface area contributed by atoms with Gasteiger partial charge in [0.2, 0.25) is 0 Å². The number of halogens is 3. The van der Waals surface area contributed by atoms with Crippen molar-refractivity contribution in [1.82, 2.24) is 9.97 Å². The lowest BCUT2D eigenvalue weighted by molar-refractivity contribution is 0.612. The molecule has 0 fully saturated rings. The lowest BCUT2D eigenvalue weighted by Crippen LogP contribution is -2.06. The first-order valence-corrected chi connectivity index (χ1v) is 7.11. The Morgan fingerprint density at radius 2 is 1.90 bits per heavy atom. The molecule has 2 nitrogen and oxygen atoms in total. The fourth-order valence-corrected chi connectivity index (χ4v) is 2.88. The van der Waals surface area contributed by atoms with Gasteiger partial charge in [0, 0.05) is 28.3 Å². The molecule has 0 aliphatic rings. The first-order valence-electron chi connectivity index (χ1n) is 6.36. The Hall–Kier alpha value is -1.19. The van der Waals surface area contributed by atoms with Crippen molar-refractivity contribution in [3.05, 3.63) is 56.8 Å². The van der Waals surface area contributed by atoms with Crippen LogP contribution in [0.4, 0.5) is 4.39 Å². The van der Waals surface area contributed by atoms with Crippen LogP contribution in [-0.2, 0) is 6.42 Å². The van der Waals surface area contributed by atoms with Crippen LogP contribution >= 0.6 is 23.2 Å². The average molecular weight is 313 g/mol. The quantitative estimate of drug-likeness (QED) is 0.750. The van der Waals surface area contributed by atoms with Crippen molar-refractivity contribution in [2.24, 2.45) is 0 Å². The summed E-state index contributed by atoms with van der Waals surface area (Å²) in [6, 6.07) is 4.59. The maximum Gasteiger partial charge on any atom is 0.136 e. The van der Waals surface area contributed by atoms with E-state index in [-0.39, 0.29) is 18.2 Å². The van der Waals surface area contributed by atoms with Gasteiger partial charge in [-0.2, -0.15) is 0 Å². The van der Waals surface area contributed by atoms with Crippen LogP contribution in [0.25, 0.3) is 0 Å². The molecule has 2 rings (SSSR count). The second kappa shape index (κ2) is 6.06. The number of hydrogen-bond acceptors (Lipinski definition) is 2. The molecule has 1 aromatic heterocycles. The maximum atomic E-state index is 13.8. The predicted molar refractivity (Wildman–Crippen MR) is 80.1 cm³/mol. The first kappa shape index (κ1) is 15.2. The summed E-state index contributed by atoms with van der Waals surface area (Å²) in [6.07, 6.45) is 0.227. The van der Waals surface area contributed by atoms with E-state index in [2.05, 4.69) is 9.97 Å². The lowest BCUT2D eigenvalue weighted by atomic mass is 10.0. The molecule has 0 aliphatic carbocycles. The van der Waals surface area contributed by atoms with Gasteiger partial charge in [-0.1, -0.05) is 43.1 Å². The summed E-state index contributed by atoms with van der Waals surface area (Å²) < 4.78 is 13.8. The molecule has 20 heavy (non-hydrogen) atoms. The molecule has 5 heteroatoms. The molecule has 0 saturated carbocycles. The van der Waals surface area contributed by atoms with Crippen LogP contribution in [0.5, 0.6) is 0 Å². The molecule has 0 atom stereocenters. The van der Waals surface area contributed by atoms with E-state index in [4.69, 9.17) is 23.2 Å². The molecule has 0 saturated heterocycles. The zero-order chi connectivity index (χ0) is 14.9. The Morgan fingerprint density at radius 1 is 1.20 bits per heavy atom. The summed E-state index contributed by atoms with van der Waals surface area (Å²) in [4.78, 5) is 8.67. The van der Waals surface area contributed by atoms with Gasteiger partial charge in [-0.25, -0.2) is 14.4 Å². The normalized spacial score (nSPS) is 11.2. The minimum absolute atomic E-state index is 0.227. The molecule has 0 unspecified atom stereocenters. The molecule has 0 spiro atoms. The van der Waals surface area contributed by atoms with Crippen molar-refractivity contribution >= 4 is 23.2 Å². The molecule has 106 valence electrons. The third-order valence-corrected chi connectivity index (χ3v) is 3.75. The number of aromatic nitrogens is 2. The number of benzene rings is 1. The van der Waals surface area contributed by atoms with Crippen LogP contribution in [0.2, 0.25) is 10.2 Å². The van der Waals surface area contributed by atoms with E-state index in [1.165, 1.54) is 6.07 Å². The number of aryl methyl sites for hydroxylation is 1. The number of hydrogen-bond donors (Lipinski definition) is 0. The van der Waals surface area contributed by atoms with Gasteiger partial charge >= 0.3 is 0 Å². The molecule has 0 aliphatic heterocycles. The van der Waals surface area contributed by atoms with Crippen molar-refractivity contribution in [2.45, 2.75) is 33.1 Å². The van der Waals surface area contributed by atoms with Gasteiger partial charge in [-0.05, 0) is 25.0 Å². The third-order valence-electron chi connectivity index (χ3n) is 3.11. The minimum Gasteiger partial charge on any atom is -0.237 e. The third kappa shape index (κ3) is 3.10. The van der Waals surface area contributed by atoms with E-state index in [9.17, 15) is 4.39 Å². The minimum atomic E-state index is -0.359. The Kier molecular flexibility index (Phi) is 4.61. The summed E-state index contributed by atoms with van der Waals surface area (Å²) in [5.41, 5.74) is 2.14. The molecule has 1 aromatic carbocycles. The van der Waals surface area contributed by atoms with Gasteiger partial charge < -0.3 is 0 Å². The summed E-state index contributed by atoms with van der Waals surface area (Å²) in [7, 11) is 0. The molecule has 2 aromatic rings. The van der Waals surface area contributed by atoms with E-state index >= 15 is 0 Å². The maximum absolute atomic E-state index is 13.8. The highest BCUT2D eigenvalue weighted by Gasteiger charge is 2.15. The standard InChI is InChI=1S/C15H15Cl2FN2/c1-8(2)14-9(3)19-13(20-15(14)17)7-10-11(16)5-4-6-12(10)18/h4-6,8H,7H2,1-3H3. The van der Waals surface area contributed by atoms with Crippen molar-refractivity contribution in [2.75, 3.05) is 0 Å². The Balaban J connectivity index is 2.41. The fourth-order valence-electron chi connectivity index (χ4n) is 2.20. The fraction of sp³-hybridized carbons (Fsp3) is 0.333. The van der Waals surface area contributed by atoms with Crippen LogP contribution in [0, 0.1) is 12.7 Å². The van der Waals surface area contributed by atoms with Crippen LogP contribution in [0.15, 0.2) is 18.2 Å². The van der Waals surface area contributed by atoms with E-state index < -0.39 is 0 Å². The highest BCUT2D eigenvalue weighted by Crippen LogP contribution is 2.27. The van der Waals surface area contributed by atoms with Crippen LogP contribution in [0.3, 0.4) is 0 Å². The van der Waals surface area contributed by atoms with Gasteiger partial charge in [0.15, 0.2) is 0 Å². The van der Waals surface area contributed by atoms with Gasteiger partial charge in [0.1, 0.15) is 16.8 Å². The second-order valence-corrected chi connectivity index (χ2v) is 5.73. The van der Waals surface area contributed by atoms with Crippen molar-refractivity contribution in [3.63, 3.8) is 0 Å². The highest BCUT2D eigenvalue weighted by molar-refractivity contribution is 6.31. The second-order valence-electron chi connectivity index (χ2n) is 4.96. The van der Waals surface area contributed by atoms with Gasteiger partial charge in [0.05, 0.1) is 0 Å². The van der Waals surface area contributed by atoms with Gasteiger partial charge in [-0.3, -0.25) is 0 Å². The molecule has 0 amide bonds. The largest absolute Gasteiger partial charge is 0.237 e. The Labute approximate surface area is 128 Å². The van der Waals surface area contributed by atoms with E-state index in [1.54, 1.807) is 12.1 Å². The summed E-state index contributed by atoms with van der Waals surface area (Å²) in [6.45, 7) is 5.95. The van der Waals surface area contributed by atoms with E-state index in [0.717, 1.165) is 11.3 Å². The summed E-state index contributed by atoms with van der Waals surface area (Å²) >= 11 is 12.2. The van der Waals surface area contributed by atoms with E-state index in [1.807, 2.05) is 20.8 Å². The molecular weight excluding hydrogens is 298 g/mol. The van der Waals surface area contributed by atoms with Crippen molar-refractivity contribution in [3.8, 4) is 0 Å². The van der Waals surface area contributed by atoms with Crippen LogP contribution in [-0.4, -0.2) is 9.97 Å². The Bertz CT molecular complexity index is 599. The predicted octanol–water partition coefficient (Wildman–Crippen LogP) is 4.95. The molecule has 0 radical (unpaired) electrons. The van der Waals surface area contributed by atoms with E-state index in [0.29, 0.717) is 21.6 Å². The molecule has 0 N–H and O–H groups in total. The summed E-state index contributed by atoms with van der Waals surface area (Å²) in [5.74, 6) is 0.361. The summed E-state index contributed by atoms with van der Waals surface area (Å²) in [5, 5.41) is 0.797. The zero-order valence-electron chi connectivity index (χ0n) is 11.5. The lowest BCUT2D eigenvalue weighted by Gasteiger charge is -2.13. The van der Waals surface area contributed by atoms with Gasteiger partial charge in [0.25, 0.3) is 0 Å².